The Kier molecular flexibility index (Phi) is 5.29. The van der Waals surface area contributed by atoms with Crippen molar-refractivity contribution in [3.05, 3.63) is 82.7 Å². The van der Waals surface area contributed by atoms with E-state index in [0.717, 1.165) is 46.5 Å². The maximum absolute atomic E-state index is 13.9. The minimum Gasteiger partial charge on any atom is -0.493 e. The number of aromatic nitrogens is 2. The molecule has 32 heavy (non-hydrogen) atoms. The van der Waals surface area contributed by atoms with Crippen LogP contribution in [0.2, 0.25) is 0 Å². The first-order valence-electron chi connectivity index (χ1n) is 11.0. The predicted molar refractivity (Wildman–Crippen MR) is 121 cm³/mol. The van der Waals surface area contributed by atoms with Crippen molar-refractivity contribution in [2.24, 2.45) is 0 Å². The largest absolute Gasteiger partial charge is 0.493 e. The molecule has 164 valence electrons. The van der Waals surface area contributed by atoms with Crippen LogP contribution in [0.15, 0.2) is 54.5 Å². The number of fused-ring (bicyclic) bond motifs is 1. The molecule has 2 aliphatic rings. The van der Waals surface area contributed by atoms with E-state index in [4.69, 9.17) is 4.74 Å². The van der Waals surface area contributed by atoms with E-state index in [-0.39, 0.29) is 17.8 Å². The van der Waals surface area contributed by atoms with E-state index in [1.165, 1.54) is 12.1 Å². The van der Waals surface area contributed by atoms with Gasteiger partial charge < -0.3 is 14.2 Å². The van der Waals surface area contributed by atoms with Crippen molar-refractivity contribution in [3.8, 4) is 11.4 Å². The fraction of sp³-hybridized carbons (Fsp3) is 0.308. The van der Waals surface area contributed by atoms with Crippen LogP contribution in [-0.4, -0.2) is 33.5 Å². The standard InChI is InChI=1S/C26H26FN3O2/c1-17-12-19(5-7-23(17)29-15-18(2)28-16-29)13-20-4-3-10-30(26(20)31)24-9-11-32-25-8-6-21(27)14-22(24)25/h5-8,12-16,24H,3-4,9-11H2,1-2H3/b20-13+/t24-/m0/s1. The first-order chi connectivity index (χ1) is 15.5. The lowest BCUT2D eigenvalue weighted by atomic mass is 9.93. The number of ether oxygens (including phenoxy) is 1. The molecule has 1 saturated heterocycles. The fourth-order valence-corrected chi connectivity index (χ4v) is 4.75. The summed E-state index contributed by atoms with van der Waals surface area (Å²) in [6, 6.07) is 10.6. The molecular weight excluding hydrogens is 405 g/mol. The highest BCUT2D eigenvalue weighted by molar-refractivity contribution is 5.98. The van der Waals surface area contributed by atoms with Crippen LogP contribution in [-0.2, 0) is 4.79 Å². The van der Waals surface area contributed by atoms with E-state index >= 15 is 0 Å². The van der Waals surface area contributed by atoms with Gasteiger partial charge in [-0.3, -0.25) is 4.79 Å². The SMILES string of the molecule is Cc1cn(-c2ccc(/C=C3\CCCN([C@H]4CCOc5ccc(F)cc54)C3=O)cc2C)cn1. The smallest absolute Gasteiger partial charge is 0.250 e. The van der Waals surface area contributed by atoms with Gasteiger partial charge in [0.25, 0.3) is 0 Å². The van der Waals surface area contributed by atoms with Crippen molar-refractivity contribution >= 4 is 12.0 Å². The van der Waals surface area contributed by atoms with Gasteiger partial charge in [-0.2, -0.15) is 0 Å². The van der Waals surface area contributed by atoms with Crippen molar-refractivity contribution in [1.82, 2.24) is 14.5 Å². The van der Waals surface area contributed by atoms with Crippen LogP contribution in [0.5, 0.6) is 5.75 Å². The summed E-state index contributed by atoms with van der Waals surface area (Å²) in [6.07, 6.45) is 8.12. The van der Waals surface area contributed by atoms with E-state index in [1.807, 2.05) is 41.1 Å². The zero-order valence-corrected chi connectivity index (χ0v) is 18.3. The third-order valence-corrected chi connectivity index (χ3v) is 6.29. The second-order valence-electron chi connectivity index (χ2n) is 8.58. The summed E-state index contributed by atoms with van der Waals surface area (Å²) in [5, 5.41) is 0. The van der Waals surface area contributed by atoms with Gasteiger partial charge in [0.05, 0.1) is 24.7 Å². The monoisotopic (exact) mass is 431 g/mol. The predicted octanol–water partition coefficient (Wildman–Crippen LogP) is 5.16. The van der Waals surface area contributed by atoms with Crippen LogP contribution in [0, 0.1) is 19.7 Å². The van der Waals surface area contributed by atoms with Gasteiger partial charge in [-0.15, -0.1) is 0 Å². The molecule has 0 unspecified atom stereocenters. The van der Waals surface area contributed by atoms with Gasteiger partial charge in [0.1, 0.15) is 11.6 Å². The van der Waals surface area contributed by atoms with Gasteiger partial charge in [-0.05, 0) is 74.2 Å². The summed E-state index contributed by atoms with van der Waals surface area (Å²) in [5.74, 6) is 0.404. The Morgan fingerprint density at radius 1 is 1.19 bits per heavy atom. The first kappa shape index (κ1) is 20.5. The molecule has 5 rings (SSSR count). The number of rotatable bonds is 3. The first-order valence-corrected chi connectivity index (χ1v) is 11.0. The molecule has 0 spiro atoms. The molecule has 0 saturated carbocycles. The molecule has 1 fully saturated rings. The Labute approximate surface area is 187 Å². The molecule has 3 heterocycles. The number of piperidine rings is 1. The van der Waals surface area contributed by atoms with Gasteiger partial charge in [0.2, 0.25) is 5.91 Å². The summed E-state index contributed by atoms with van der Waals surface area (Å²) >= 11 is 0. The Bertz CT molecular complexity index is 1210. The number of benzene rings is 2. The average Bonchev–Trinajstić information content (AvgIpc) is 3.21. The van der Waals surface area contributed by atoms with Gasteiger partial charge in [-0.25, -0.2) is 9.37 Å². The Morgan fingerprint density at radius 3 is 2.84 bits per heavy atom. The van der Waals surface area contributed by atoms with Crippen molar-refractivity contribution in [2.45, 2.75) is 39.2 Å². The minimum absolute atomic E-state index is 0.0327. The van der Waals surface area contributed by atoms with E-state index < -0.39 is 0 Å². The number of carbonyl (C=O) groups excluding carboxylic acids is 1. The quantitative estimate of drug-likeness (QED) is 0.539. The molecule has 1 atom stereocenters. The van der Waals surface area contributed by atoms with Gasteiger partial charge >= 0.3 is 0 Å². The highest BCUT2D eigenvalue weighted by Gasteiger charge is 2.34. The number of aryl methyl sites for hydroxylation is 2. The van der Waals surface area contributed by atoms with Crippen LogP contribution >= 0.6 is 0 Å². The maximum atomic E-state index is 13.9. The molecule has 0 N–H and O–H groups in total. The Morgan fingerprint density at radius 2 is 2.06 bits per heavy atom. The Hall–Kier alpha value is -3.41. The highest BCUT2D eigenvalue weighted by atomic mass is 19.1. The van der Waals surface area contributed by atoms with Crippen molar-refractivity contribution in [3.63, 3.8) is 0 Å². The third-order valence-electron chi connectivity index (χ3n) is 6.29. The second-order valence-corrected chi connectivity index (χ2v) is 8.58. The second kappa shape index (κ2) is 8.26. The summed E-state index contributed by atoms with van der Waals surface area (Å²) in [5.41, 5.74) is 5.73. The van der Waals surface area contributed by atoms with Gasteiger partial charge in [0, 0.05) is 36.0 Å². The fourth-order valence-electron chi connectivity index (χ4n) is 4.75. The highest BCUT2D eigenvalue weighted by Crippen LogP contribution is 2.39. The number of halogens is 1. The number of carbonyl (C=O) groups is 1. The zero-order valence-electron chi connectivity index (χ0n) is 18.3. The summed E-state index contributed by atoms with van der Waals surface area (Å²) < 4.78 is 21.6. The molecule has 0 aliphatic carbocycles. The van der Waals surface area contributed by atoms with Gasteiger partial charge in [-0.1, -0.05) is 6.07 Å². The van der Waals surface area contributed by atoms with Crippen LogP contribution in [0.1, 0.15) is 47.7 Å². The van der Waals surface area contributed by atoms with Crippen LogP contribution < -0.4 is 4.74 Å². The summed E-state index contributed by atoms with van der Waals surface area (Å²) in [7, 11) is 0. The number of imidazole rings is 1. The number of nitrogens with zero attached hydrogens (tertiary/aromatic N) is 3. The zero-order chi connectivity index (χ0) is 22.2. The lowest BCUT2D eigenvalue weighted by molar-refractivity contribution is -0.131. The van der Waals surface area contributed by atoms with Crippen LogP contribution in [0.25, 0.3) is 11.8 Å². The van der Waals surface area contributed by atoms with E-state index in [2.05, 4.69) is 24.0 Å². The number of hydrogen-bond acceptors (Lipinski definition) is 3. The normalized spacial score (nSPS) is 19.7. The molecule has 6 heteroatoms. The molecular formula is C26H26FN3O2. The maximum Gasteiger partial charge on any atom is 0.250 e. The molecule has 1 aromatic heterocycles. The average molecular weight is 432 g/mol. The Balaban J connectivity index is 1.42. The van der Waals surface area contributed by atoms with Crippen molar-refractivity contribution < 1.29 is 13.9 Å². The third kappa shape index (κ3) is 3.81. The lowest BCUT2D eigenvalue weighted by Gasteiger charge is -2.38. The topological polar surface area (TPSA) is 47.4 Å². The van der Waals surface area contributed by atoms with Gasteiger partial charge in [0.15, 0.2) is 0 Å². The molecule has 0 bridgehead atoms. The lowest BCUT2D eigenvalue weighted by Crippen LogP contribution is -2.41. The summed E-state index contributed by atoms with van der Waals surface area (Å²) in [6.45, 7) is 5.24. The minimum atomic E-state index is -0.303. The molecule has 2 aromatic carbocycles. The molecule has 2 aliphatic heterocycles. The number of likely N-dealkylation sites (tertiary alicyclic amines) is 1. The van der Waals surface area contributed by atoms with E-state index in [9.17, 15) is 9.18 Å². The number of amides is 1. The molecule has 1 amide bonds. The molecule has 3 aromatic rings. The van der Waals surface area contributed by atoms with Crippen LogP contribution in [0.3, 0.4) is 0 Å². The van der Waals surface area contributed by atoms with E-state index in [0.29, 0.717) is 25.3 Å². The van der Waals surface area contributed by atoms with Crippen molar-refractivity contribution in [1.29, 1.82) is 0 Å². The molecule has 5 nitrogen and oxygen atoms in total. The molecule has 0 radical (unpaired) electrons. The summed E-state index contributed by atoms with van der Waals surface area (Å²) in [4.78, 5) is 19.6. The van der Waals surface area contributed by atoms with Crippen LogP contribution in [0.4, 0.5) is 4.39 Å². The number of hydrogen-bond donors (Lipinski definition) is 0. The van der Waals surface area contributed by atoms with E-state index in [1.54, 1.807) is 6.07 Å². The van der Waals surface area contributed by atoms with Crippen molar-refractivity contribution in [2.75, 3.05) is 13.2 Å².